The summed E-state index contributed by atoms with van der Waals surface area (Å²) in [7, 11) is 1.34. The molecule has 0 unspecified atom stereocenters. The van der Waals surface area contributed by atoms with E-state index in [0.717, 1.165) is 32.0 Å². The van der Waals surface area contributed by atoms with Crippen molar-refractivity contribution in [3.63, 3.8) is 0 Å². The molecule has 1 aromatic rings. The van der Waals surface area contributed by atoms with Crippen LogP contribution in [0.3, 0.4) is 0 Å². The number of anilines is 1. The smallest absolute Gasteiger partial charge is 0.295 e. The molecule has 6 nitrogen and oxygen atoms in total. The van der Waals surface area contributed by atoms with Crippen LogP contribution in [-0.4, -0.2) is 42.6 Å². The molecule has 7 heteroatoms. The Hall–Kier alpha value is -1.89. The molecule has 1 heterocycles. The van der Waals surface area contributed by atoms with Crippen LogP contribution in [0.1, 0.15) is 26.7 Å². The summed E-state index contributed by atoms with van der Waals surface area (Å²) in [6.07, 6.45) is 2.19. The normalized spacial score (nSPS) is 18.4. The number of likely N-dealkylation sites (tertiary alicyclic amines) is 1. The second kappa shape index (κ2) is 7.59. The molecule has 0 aliphatic carbocycles. The molecule has 1 aromatic carbocycles. The SMILES string of the molecule is COc1cc(NC[C@H]2CCCN2CC(C)C)c([N+](=O)[O-])cc1F. The summed E-state index contributed by atoms with van der Waals surface area (Å²) in [4.78, 5) is 13.0. The van der Waals surface area contributed by atoms with Crippen molar-refractivity contribution >= 4 is 11.4 Å². The Morgan fingerprint density at radius 1 is 1.52 bits per heavy atom. The van der Waals surface area contributed by atoms with E-state index in [1.54, 1.807) is 0 Å². The molecule has 2 rings (SSSR count). The van der Waals surface area contributed by atoms with Crippen molar-refractivity contribution in [2.75, 3.05) is 32.1 Å². The predicted molar refractivity (Wildman–Crippen MR) is 87.5 cm³/mol. The number of methoxy groups -OCH3 is 1. The minimum atomic E-state index is -0.730. The van der Waals surface area contributed by atoms with Gasteiger partial charge >= 0.3 is 0 Å². The Labute approximate surface area is 135 Å². The highest BCUT2D eigenvalue weighted by molar-refractivity contribution is 5.64. The number of benzene rings is 1. The van der Waals surface area contributed by atoms with Crippen LogP contribution in [0.15, 0.2) is 12.1 Å². The lowest BCUT2D eigenvalue weighted by atomic mass is 10.1. The first-order valence-electron chi connectivity index (χ1n) is 7.92. The Balaban J connectivity index is 2.11. The number of hydrogen-bond acceptors (Lipinski definition) is 5. The van der Waals surface area contributed by atoms with E-state index >= 15 is 0 Å². The molecular weight excluding hydrogens is 301 g/mol. The molecule has 0 amide bonds. The molecule has 1 aliphatic rings. The Morgan fingerprint density at radius 2 is 2.26 bits per heavy atom. The standard InChI is InChI=1S/C16H24FN3O3/c1-11(2)10-19-6-4-5-12(19)9-18-14-8-16(23-3)13(17)7-15(14)20(21)22/h7-8,11-12,18H,4-6,9-10H2,1-3H3/t12-/m1/s1. The quantitative estimate of drug-likeness (QED) is 0.615. The van der Waals surface area contributed by atoms with Gasteiger partial charge in [0.25, 0.3) is 5.69 Å². The average Bonchev–Trinajstić information content (AvgIpc) is 2.91. The van der Waals surface area contributed by atoms with Gasteiger partial charge in [0, 0.05) is 25.2 Å². The summed E-state index contributed by atoms with van der Waals surface area (Å²) < 4.78 is 18.6. The van der Waals surface area contributed by atoms with Gasteiger partial charge in [0.2, 0.25) is 0 Å². The van der Waals surface area contributed by atoms with Gasteiger partial charge in [0.05, 0.1) is 18.1 Å². The molecule has 23 heavy (non-hydrogen) atoms. The van der Waals surface area contributed by atoms with Crippen LogP contribution in [-0.2, 0) is 0 Å². The molecule has 1 N–H and O–H groups in total. The molecule has 1 fully saturated rings. The van der Waals surface area contributed by atoms with Crippen molar-refractivity contribution in [3.8, 4) is 5.75 Å². The van der Waals surface area contributed by atoms with Crippen LogP contribution in [0.25, 0.3) is 0 Å². The first-order chi connectivity index (χ1) is 10.9. The first kappa shape index (κ1) is 17.5. The fraction of sp³-hybridized carbons (Fsp3) is 0.625. The molecule has 0 spiro atoms. The van der Waals surface area contributed by atoms with Crippen LogP contribution in [0.4, 0.5) is 15.8 Å². The maximum Gasteiger partial charge on any atom is 0.295 e. The molecule has 1 aliphatic heterocycles. The summed E-state index contributed by atoms with van der Waals surface area (Å²) >= 11 is 0. The lowest BCUT2D eigenvalue weighted by Gasteiger charge is -2.26. The number of nitro benzene ring substituents is 1. The largest absolute Gasteiger partial charge is 0.494 e. The highest BCUT2D eigenvalue weighted by Crippen LogP contribution is 2.32. The van der Waals surface area contributed by atoms with Crippen molar-refractivity contribution in [1.82, 2.24) is 4.90 Å². The van der Waals surface area contributed by atoms with E-state index in [1.807, 2.05) is 0 Å². The van der Waals surface area contributed by atoms with E-state index in [2.05, 4.69) is 24.1 Å². The zero-order chi connectivity index (χ0) is 17.0. The zero-order valence-electron chi connectivity index (χ0n) is 13.8. The molecule has 0 saturated carbocycles. The van der Waals surface area contributed by atoms with Crippen LogP contribution in [0.2, 0.25) is 0 Å². The van der Waals surface area contributed by atoms with Crippen molar-refractivity contribution in [3.05, 3.63) is 28.1 Å². The van der Waals surface area contributed by atoms with Crippen molar-refractivity contribution in [2.24, 2.45) is 5.92 Å². The van der Waals surface area contributed by atoms with Crippen molar-refractivity contribution in [1.29, 1.82) is 0 Å². The highest BCUT2D eigenvalue weighted by atomic mass is 19.1. The summed E-state index contributed by atoms with van der Waals surface area (Å²) in [6, 6.07) is 2.60. The van der Waals surface area contributed by atoms with Gasteiger partial charge in [-0.1, -0.05) is 13.8 Å². The van der Waals surface area contributed by atoms with Crippen LogP contribution >= 0.6 is 0 Å². The number of ether oxygens (including phenoxy) is 1. The third-order valence-electron chi connectivity index (χ3n) is 4.09. The maximum absolute atomic E-state index is 13.7. The van der Waals surface area contributed by atoms with Crippen LogP contribution in [0.5, 0.6) is 5.75 Å². The Kier molecular flexibility index (Phi) is 5.76. The molecule has 128 valence electrons. The number of nitrogens with one attached hydrogen (secondary N) is 1. The minimum Gasteiger partial charge on any atom is -0.494 e. The fourth-order valence-corrected chi connectivity index (χ4v) is 3.06. The number of nitrogens with zero attached hydrogens (tertiary/aromatic N) is 2. The van der Waals surface area contributed by atoms with E-state index < -0.39 is 10.7 Å². The van der Waals surface area contributed by atoms with Crippen LogP contribution in [0, 0.1) is 21.8 Å². The van der Waals surface area contributed by atoms with Gasteiger partial charge in [-0.3, -0.25) is 15.0 Å². The number of hydrogen-bond donors (Lipinski definition) is 1. The summed E-state index contributed by atoms with van der Waals surface area (Å²) in [5.74, 6) is -0.147. The van der Waals surface area contributed by atoms with Gasteiger partial charge in [-0.05, 0) is 25.3 Å². The Bertz CT molecular complexity index is 566. The summed E-state index contributed by atoms with van der Waals surface area (Å²) in [5, 5.41) is 14.2. The summed E-state index contributed by atoms with van der Waals surface area (Å²) in [5.41, 5.74) is 0.0290. The lowest BCUT2D eigenvalue weighted by molar-refractivity contribution is -0.384. The van der Waals surface area contributed by atoms with Gasteiger partial charge in [0.15, 0.2) is 11.6 Å². The third kappa shape index (κ3) is 4.31. The average molecular weight is 325 g/mol. The van der Waals surface area contributed by atoms with Gasteiger partial charge < -0.3 is 10.1 Å². The second-order valence-corrected chi connectivity index (χ2v) is 6.33. The highest BCUT2D eigenvalue weighted by Gasteiger charge is 2.26. The van der Waals surface area contributed by atoms with Crippen LogP contribution < -0.4 is 10.1 Å². The molecule has 0 aromatic heterocycles. The van der Waals surface area contributed by atoms with E-state index in [9.17, 15) is 14.5 Å². The van der Waals surface area contributed by atoms with Gasteiger partial charge in [-0.2, -0.15) is 0 Å². The molecule has 0 bridgehead atoms. The van der Waals surface area contributed by atoms with E-state index in [4.69, 9.17) is 4.74 Å². The first-order valence-corrected chi connectivity index (χ1v) is 7.92. The van der Waals surface area contributed by atoms with Crippen molar-refractivity contribution in [2.45, 2.75) is 32.7 Å². The van der Waals surface area contributed by atoms with Crippen molar-refractivity contribution < 1.29 is 14.1 Å². The molecular formula is C16H24FN3O3. The lowest BCUT2D eigenvalue weighted by Crippen LogP contribution is -2.37. The number of halogens is 1. The molecule has 1 atom stereocenters. The van der Waals surface area contributed by atoms with Gasteiger partial charge in [0.1, 0.15) is 5.69 Å². The maximum atomic E-state index is 13.7. The predicted octanol–water partition coefficient (Wildman–Crippen LogP) is 3.27. The zero-order valence-corrected chi connectivity index (χ0v) is 13.8. The Morgan fingerprint density at radius 3 is 2.87 bits per heavy atom. The number of rotatable bonds is 7. The molecule has 0 radical (unpaired) electrons. The number of nitro groups is 1. The summed E-state index contributed by atoms with van der Waals surface area (Å²) in [6.45, 7) is 7.03. The fourth-order valence-electron chi connectivity index (χ4n) is 3.06. The van der Waals surface area contributed by atoms with E-state index in [1.165, 1.54) is 13.2 Å². The minimum absolute atomic E-state index is 0.00329. The van der Waals surface area contributed by atoms with Gasteiger partial charge in [-0.15, -0.1) is 0 Å². The second-order valence-electron chi connectivity index (χ2n) is 6.33. The van der Waals surface area contributed by atoms with E-state index in [-0.39, 0.29) is 11.4 Å². The topological polar surface area (TPSA) is 67.6 Å². The van der Waals surface area contributed by atoms with Gasteiger partial charge in [-0.25, -0.2) is 4.39 Å². The van der Waals surface area contributed by atoms with E-state index in [0.29, 0.717) is 24.2 Å². The third-order valence-corrected chi connectivity index (χ3v) is 4.09. The molecule has 1 saturated heterocycles. The monoisotopic (exact) mass is 325 g/mol.